The molecule has 2 aliphatic heterocycles. The Hall–Kier alpha value is -6.47. The Morgan fingerprint density at radius 3 is 1.35 bits per heavy atom. The number of hydrogen-bond acceptors (Lipinski definition) is 6. The Morgan fingerprint density at radius 2 is 0.863 bits per heavy atom. The lowest BCUT2D eigenvalue weighted by atomic mass is 10.0. The first kappa shape index (κ1) is 31.8. The van der Waals surface area contributed by atoms with Crippen LogP contribution in [0.5, 0.6) is 17.2 Å². The summed E-state index contributed by atoms with van der Waals surface area (Å²) in [5, 5.41) is 1.80. The minimum absolute atomic E-state index is 0.708. The van der Waals surface area contributed by atoms with Crippen LogP contribution < -0.4 is 24.9 Å². The molecule has 0 saturated heterocycles. The fourth-order valence-corrected chi connectivity index (χ4v) is 6.61. The highest BCUT2D eigenvalue weighted by atomic mass is 16.5. The minimum Gasteiger partial charge on any atom is -0.497 e. The highest BCUT2D eigenvalue weighted by Gasteiger charge is 2.22. The van der Waals surface area contributed by atoms with Crippen molar-refractivity contribution < 1.29 is 23.0 Å². The topological polar surface area (TPSA) is 82.1 Å². The molecule has 7 heteroatoms. The average Bonchev–Trinajstić information content (AvgIpc) is 4.02. The normalized spacial score (nSPS) is 19.1. The van der Waals surface area contributed by atoms with Gasteiger partial charge >= 0.3 is 0 Å². The number of rotatable bonds is 6. The number of fused-ring (bicyclic) bond motifs is 7. The van der Waals surface area contributed by atoms with Crippen molar-refractivity contribution in [1.29, 1.82) is 0 Å². The van der Waals surface area contributed by atoms with Gasteiger partial charge in [0.15, 0.2) is 0 Å². The molecule has 7 nitrogen and oxygen atoms in total. The van der Waals surface area contributed by atoms with Gasteiger partial charge < -0.3 is 28.0 Å². The minimum atomic E-state index is 0.708. The molecule has 0 aliphatic carbocycles. The van der Waals surface area contributed by atoms with E-state index >= 15 is 0 Å². The van der Waals surface area contributed by atoms with Gasteiger partial charge in [0.1, 0.15) is 40.3 Å². The first-order valence-corrected chi connectivity index (χ1v) is 16.7. The number of methoxy groups -OCH3 is 3. The molecule has 3 aromatic carbocycles. The van der Waals surface area contributed by atoms with Crippen LogP contribution in [0.3, 0.4) is 0 Å². The van der Waals surface area contributed by atoms with Gasteiger partial charge in [0.25, 0.3) is 0 Å². The quantitative estimate of drug-likeness (QED) is 0.192. The van der Waals surface area contributed by atoms with Gasteiger partial charge in [-0.3, -0.25) is 0 Å². The summed E-state index contributed by atoms with van der Waals surface area (Å²) in [5.74, 6) is 5.28. The molecule has 8 bridgehead atoms. The van der Waals surface area contributed by atoms with Gasteiger partial charge in [-0.1, -0.05) is 36.4 Å². The molecule has 3 aromatic heterocycles. The number of benzene rings is 3. The molecule has 0 atom stereocenters. The average molecular weight is 673 g/mol. The van der Waals surface area contributed by atoms with Gasteiger partial charge in [-0.15, -0.1) is 0 Å². The summed E-state index contributed by atoms with van der Waals surface area (Å²) >= 11 is 0. The molecule has 0 saturated carbocycles. The van der Waals surface area contributed by atoms with Crippen LogP contribution in [0.15, 0.2) is 141 Å². The first-order chi connectivity index (χ1) is 24.9. The second kappa shape index (κ2) is 13.1. The van der Waals surface area contributed by atoms with Crippen LogP contribution in [-0.4, -0.2) is 32.0 Å². The Kier molecular flexibility index (Phi) is 8.16. The largest absolute Gasteiger partial charge is 0.497 e. The molecule has 51 heavy (non-hydrogen) atoms. The zero-order valence-corrected chi connectivity index (χ0v) is 29.0. The number of aliphatic imine (C=N–C) groups is 1. The van der Waals surface area contributed by atoms with Gasteiger partial charge in [0.2, 0.25) is 0 Å². The van der Waals surface area contributed by atoms with E-state index in [1.54, 1.807) is 21.3 Å². The third kappa shape index (κ3) is 5.82. The number of aromatic amines is 1. The predicted octanol–water partition coefficient (Wildman–Crippen LogP) is 8.41. The van der Waals surface area contributed by atoms with Crippen molar-refractivity contribution >= 4 is 33.6 Å². The van der Waals surface area contributed by atoms with E-state index in [1.165, 1.54) is 0 Å². The van der Waals surface area contributed by atoms with Gasteiger partial charge in [0.05, 0.1) is 43.7 Å². The zero-order chi connectivity index (χ0) is 35.1. The Balaban J connectivity index is 1.46. The number of H-pyrrole nitrogens is 1. The predicted molar refractivity (Wildman–Crippen MR) is 201 cm³/mol. The highest BCUT2D eigenvalue weighted by Crippen LogP contribution is 2.37. The summed E-state index contributed by atoms with van der Waals surface area (Å²) in [4.78, 5) is 9.05. The summed E-state index contributed by atoms with van der Waals surface area (Å²) in [6.45, 7) is 4.12. The van der Waals surface area contributed by atoms with Crippen LogP contribution >= 0.6 is 0 Å². The van der Waals surface area contributed by atoms with Crippen molar-refractivity contribution in [2.45, 2.75) is 13.8 Å². The van der Waals surface area contributed by atoms with Crippen molar-refractivity contribution in [3.8, 4) is 17.2 Å². The van der Waals surface area contributed by atoms with Gasteiger partial charge in [-0.2, -0.15) is 0 Å². The molecule has 8 rings (SSSR count). The maximum Gasteiger partial charge on any atom is 0.137 e. The molecule has 1 N–H and O–H groups in total. The summed E-state index contributed by atoms with van der Waals surface area (Å²) < 4.78 is 29.8. The number of hydrogen-bond donors (Lipinski definition) is 1. The van der Waals surface area contributed by atoms with Crippen LogP contribution in [0.4, 0.5) is 0 Å². The van der Waals surface area contributed by atoms with Crippen LogP contribution in [0.1, 0.15) is 53.6 Å². The lowest BCUT2D eigenvalue weighted by molar-refractivity contribution is 0.414. The number of aromatic nitrogens is 1. The molecule has 252 valence electrons. The molecular weight excluding hydrogens is 636 g/mol. The Labute approximate surface area is 295 Å². The molecule has 2 aliphatic rings. The standard InChI is InChI=1S/C44H36N2O5/c1-26-27(2)39-23-25-41(51-39)44(30-10-16-33(49-5)17-11-30)37-21-19-35(46-37)42(28-6-12-31(47-3)13-7-28)34-18-20-36(45-34)43(40-24-22-38(26)50-40)29-8-14-32(48-4)15-9-29/h6-25,45H,1-5H3/b27-26-,38-26?,39-27?,42-34-,42-35?,43-36-,43-40?,44-37-,44-41?. The number of ether oxygens (including phenoxy) is 3. The second-order valence-corrected chi connectivity index (χ2v) is 12.4. The molecule has 6 aromatic rings. The summed E-state index contributed by atoms with van der Waals surface area (Å²) in [6, 6.07) is 36.3. The molecule has 0 amide bonds. The summed E-state index contributed by atoms with van der Waals surface area (Å²) in [6.07, 6.45) is 4.12. The highest BCUT2D eigenvalue weighted by molar-refractivity contribution is 6.30. The van der Waals surface area contributed by atoms with Crippen molar-refractivity contribution in [2.75, 3.05) is 21.3 Å². The molecule has 0 spiro atoms. The fraction of sp³-hybridized carbons (Fsp3) is 0.114. The summed E-state index contributed by atoms with van der Waals surface area (Å²) in [7, 11) is 5.01. The van der Waals surface area contributed by atoms with E-state index in [1.807, 2.05) is 84.9 Å². The smallest absolute Gasteiger partial charge is 0.137 e. The molecular formula is C44H36N2O5. The van der Waals surface area contributed by atoms with E-state index in [0.717, 1.165) is 101 Å². The fourth-order valence-electron chi connectivity index (χ4n) is 6.61. The monoisotopic (exact) mass is 672 g/mol. The number of furan rings is 2. The number of nitrogens with one attached hydrogen (secondary N) is 1. The van der Waals surface area contributed by atoms with Crippen molar-refractivity contribution in [3.63, 3.8) is 0 Å². The number of nitrogens with zero attached hydrogens (tertiary/aromatic N) is 1. The van der Waals surface area contributed by atoms with Crippen LogP contribution in [-0.2, 0) is 0 Å². The Bertz CT molecular complexity index is 2520. The van der Waals surface area contributed by atoms with Crippen molar-refractivity contribution in [1.82, 2.24) is 4.98 Å². The van der Waals surface area contributed by atoms with E-state index in [0.29, 0.717) is 5.76 Å². The van der Waals surface area contributed by atoms with Crippen LogP contribution in [0.2, 0.25) is 0 Å². The van der Waals surface area contributed by atoms with Crippen LogP contribution in [0, 0.1) is 0 Å². The van der Waals surface area contributed by atoms with Crippen molar-refractivity contribution in [2.24, 2.45) is 4.99 Å². The maximum absolute atomic E-state index is 6.66. The van der Waals surface area contributed by atoms with Crippen molar-refractivity contribution in [3.05, 3.63) is 177 Å². The lowest BCUT2D eigenvalue weighted by Crippen LogP contribution is -2.19. The third-order valence-electron chi connectivity index (χ3n) is 9.52. The van der Waals surface area contributed by atoms with Gasteiger partial charge in [-0.25, -0.2) is 4.99 Å². The lowest BCUT2D eigenvalue weighted by Gasteiger charge is -2.10. The summed E-state index contributed by atoms with van der Waals surface area (Å²) in [5.41, 5.74) is 9.21. The van der Waals surface area contributed by atoms with E-state index in [4.69, 9.17) is 28.0 Å². The number of allylic oxidation sites excluding steroid dienone is 4. The maximum atomic E-state index is 6.66. The zero-order valence-electron chi connectivity index (χ0n) is 29.0. The van der Waals surface area contributed by atoms with E-state index < -0.39 is 0 Å². The first-order valence-electron chi connectivity index (χ1n) is 16.7. The Morgan fingerprint density at radius 1 is 0.451 bits per heavy atom. The third-order valence-corrected chi connectivity index (χ3v) is 9.52. The van der Waals surface area contributed by atoms with Gasteiger partial charge in [-0.05, 0) is 127 Å². The van der Waals surface area contributed by atoms with E-state index in [2.05, 4.69) is 55.2 Å². The second-order valence-electron chi connectivity index (χ2n) is 12.4. The van der Waals surface area contributed by atoms with E-state index in [9.17, 15) is 0 Å². The van der Waals surface area contributed by atoms with Gasteiger partial charge in [0, 0.05) is 16.5 Å². The van der Waals surface area contributed by atoms with Crippen LogP contribution in [0.25, 0.3) is 27.9 Å². The molecule has 0 fully saturated rings. The SMILES string of the molecule is COc1ccc(/C2=C3\C=CC(=N3)/C(c3ccc(OC)cc3)=c3/cc/c([nH]3)=C(\c3ccc(OC)cc3)c3ccc(o3)/C(C)=C(/C)c3ccc2o3)cc1. The molecule has 5 heterocycles. The molecule has 0 unspecified atom stereocenters. The molecule has 0 radical (unpaired) electrons. The van der Waals surface area contributed by atoms with E-state index in [-0.39, 0.29) is 0 Å².